The predicted octanol–water partition coefficient (Wildman–Crippen LogP) is 1.03. The van der Waals surface area contributed by atoms with E-state index in [1.54, 1.807) is 0 Å². The first-order valence-electron chi connectivity index (χ1n) is 4.91. The van der Waals surface area contributed by atoms with Crippen molar-refractivity contribution in [1.29, 1.82) is 0 Å². The van der Waals surface area contributed by atoms with Gasteiger partial charge in [-0.3, -0.25) is 4.79 Å². The highest BCUT2D eigenvalue weighted by Crippen LogP contribution is 2.29. The van der Waals surface area contributed by atoms with E-state index in [-0.39, 0.29) is 11.3 Å². The zero-order valence-electron chi connectivity index (χ0n) is 8.81. The molecule has 0 aromatic heterocycles. The third kappa shape index (κ3) is 2.69. The number of nitrogens with two attached hydrogens (primary N) is 1. The van der Waals surface area contributed by atoms with Gasteiger partial charge in [0.2, 0.25) is 5.91 Å². The fraction of sp³-hybridized carbons (Fsp3) is 0.900. The van der Waals surface area contributed by atoms with Crippen molar-refractivity contribution < 1.29 is 4.79 Å². The van der Waals surface area contributed by atoms with Crippen LogP contribution in [0.15, 0.2) is 0 Å². The average Bonchev–Trinajstić information content (AvgIpc) is 1.94. The summed E-state index contributed by atoms with van der Waals surface area (Å²) in [7, 11) is 0. The molecule has 1 aliphatic carbocycles. The van der Waals surface area contributed by atoms with Crippen LogP contribution in [0, 0.1) is 5.41 Å². The minimum atomic E-state index is -0.550. The maximum Gasteiger partial charge on any atom is 0.240 e. The number of amides is 1. The third-order valence-corrected chi connectivity index (χ3v) is 2.48. The van der Waals surface area contributed by atoms with E-state index in [0.717, 1.165) is 19.3 Å². The van der Waals surface area contributed by atoms with Crippen LogP contribution < -0.4 is 11.1 Å². The summed E-state index contributed by atoms with van der Waals surface area (Å²) in [5.41, 5.74) is 5.45. The molecule has 0 aromatic rings. The number of carbonyl (C=O) groups excluding carboxylic acids is 1. The highest BCUT2D eigenvalue weighted by molar-refractivity contribution is 5.87. The Kier molecular flexibility index (Phi) is 2.66. The Morgan fingerprint density at radius 2 is 2.00 bits per heavy atom. The van der Waals surface area contributed by atoms with Gasteiger partial charge in [-0.2, -0.15) is 0 Å². The SMILES string of the molecule is CC(C)(C)CNC(=O)C1(N)CCC1. The van der Waals surface area contributed by atoms with Gasteiger partial charge < -0.3 is 11.1 Å². The fourth-order valence-electron chi connectivity index (χ4n) is 1.31. The Hall–Kier alpha value is -0.570. The van der Waals surface area contributed by atoms with Crippen molar-refractivity contribution in [2.45, 2.75) is 45.6 Å². The van der Waals surface area contributed by atoms with Crippen LogP contribution in [0.2, 0.25) is 0 Å². The molecule has 0 bridgehead atoms. The van der Waals surface area contributed by atoms with Crippen molar-refractivity contribution in [2.24, 2.45) is 11.1 Å². The van der Waals surface area contributed by atoms with Gasteiger partial charge >= 0.3 is 0 Å². The first-order valence-corrected chi connectivity index (χ1v) is 4.91. The predicted molar refractivity (Wildman–Crippen MR) is 53.2 cm³/mol. The molecule has 0 spiro atoms. The van der Waals surface area contributed by atoms with E-state index < -0.39 is 5.54 Å². The molecule has 1 amide bonds. The van der Waals surface area contributed by atoms with E-state index in [1.165, 1.54) is 0 Å². The lowest BCUT2D eigenvalue weighted by Gasteiger charge is -2.37. The van der Waals surface area contributed by atoms with Gasteiger partial charge in [-0.25, -0.2) is 0 Å². The minimum Gasteiger partial charge on any atom is -0.354 e. The van der Waals surface area contributed by atoms with Crippen molar-refractivity contribution in [3.8, 4) is 0 Å². The Bertz CT molecular complexity index is 201. The maximum atomic E-state index is 11.6. The number of hydrogen-bond acceptors (Lipinski definition) is 2. The van der Waals surface area contributed by atoms with E-state index in [2.05, 4.69) is 26.1 Å². The molecule has 0 aromatic carbocycles. The van der Waals surface area contributed by atoms with Crippen molar-refractivity contribution >= 4 is 5.91 Å². The van der Waals surface area contributed by atoms with Crippen LogP contribution in [-0.2, 0) is 4.79 Å². The quantitative estimate of drug-likeness (QED) is 0.673. The molecule has 76 valence electrons. The zero-order valence-corrected chi connectivity index (χ0v) is 8.81. The summed E-state index contributed by atoms with van der Waals surface area (Å²) >= 11 is 0. The summed E-state index contributed by atoms with van der Waals surface area (Å²) in [4.78, 5) is 11.6. The molecule has 13 heavy (non-hydrogen) atoms. The summed E-state index contributed by atoms with van der Waals surface area (Å²) in [6.45, 7) is 6.98. The van der Waals surface area contributed by atoms with Gasteiger partial charge in [0.1, 0.15) is 0 Å². The fourth-order valence-corrected chi connectivity index (χ4v) is 1.31. The van der Waals surface area contributed by atoms with Gasteiger partial charge in [-0.1, -0.05) is 20.8 Å². The van der Waals surface area contributed by atoms with E-state index in [4.69, 9.17) is 5.73 Å². The van der Waals surface area contributed by atoms with Gasteiger partial charge in [0.25, 0.3) is 0 Å². The molecule has 3 nitrogen and oxygen atoms in total. The van der Waals surface area contributed by atoms with E-state index in [0.29, 0.717) is 6.54 Å². The van der Waals surface area contributed by atoms with E-state index in [1.807, 2.05) is 0 Å². The molecule has 1 fully saturated rings. The lowest BCUT2D eigenvalue weighted by molar-refractivity contribution is -0.129. The van der Waals surface area contributed by atoms with Crippen LogP contribution in [0.1, 0.15) is 40.0 Å². The molecule has 3 heteroatoms. The monoisotopic (exact) mass is 184 g/mol. The van der Waals surface area contributed by atoms with Crippen molar-refractivity contribution in [3.63, 3.8) is 0 Å². The third-order valence-electron chi connectivity index (χ3n) is 2.48. The van der Waals surface area contributed by atoms with Gasteiger partial charge in [-0.05, 0) is 24.7 Å². The van der Waals surface area contributed by atoms with Crippen LogP contribution in [0.3, 0.4) is 0 Å². The van der Waals surface area contributed by atoms with Gasteiger partial charge in [0.05, 0.1) is 5.54 Å². The largest absolute Gasteiger partial charge is 0.354 e. The lowest BCUT2D eigenvalue weighted by Crippen LogP contribution is -2.59. The van der Waals surface area contributed by atoms with Crippen LogP contribution in [0.4, 0.5) is 0 Å². The molecule has 0 aliphatic heterocycles. The minimum absolute atomic E-state index is 0.0219. The lowest BCUT2D eigenvalue weighted by atomic mass is 9.77. The number of hydrogen-bond donors (Lipinski definition) is 2. The van der Waals surface area contributed by atoms with Crippen LogP contribution in [0.25, 0.3) is 0 Å². The Morgan fingerprint density at radius 3 is 2.31 bits per heavy atom. The Balaban J connectivity index is 2.34. The van der Waals surface area contributed by atoms with E-state index >= 15 is 0 Å². The molecule has 3 N–H and O–H groups in total. The summed E-state index contributed by atoms with van der Waals surface area (Å²) in [6.07, 6.45) is 2.76. The Labute approximate surface area is 80.1 Å². The summed E-state index contributed by atoms with van der Waals surface area (Å²) in [5.74, 6) is 0.0219. The highest BCUT2D eigenvalue weighted by atomic mass is 16.2. The molecule has 0 heterocycles. The van der Waals surface area contributed by atoms with Crippen molar-refractivity contribution in [1.82, 2.24) is 5.32 Å². The van der Waals surface area contributed by atoms with Gasteiger partial charge in [0.15, 0.2) is 0 Å². The molecule has 0 saturated heterocycles. The molecular formula is C10H20N2O. The first-order chi connectivity index (χ1) is 5.83. The number of carbonyl (C=O) groups is 1. The summed E-state index contributed by atoms with van der Waals surface area (Å²) in [6, 6.07) is 0. The van der Waals surface area contributed by atoms with Gasteiger partial charge in [-0.15, -0.1) is 0 Å². The second kappa shape index (κ2) is 3.29. The average molecular weight is 184 g/mol. The molecule has 0 unspecified atom stereocenters. The second-order valence-corrected chi connectivity index (χ2v) is 5.25. The van der Waals surface area contributed by atoms with Crippen LogP contribution in [-0.4, -0.2) is 18.0 Å². The standard InChI is InChI=1S/C10H20N2O/c1-9(2,3)7-12-8(13)10(11)5-4-6-10/h4-7,11H2,1-3H3,(H,12,13). The second-order valence-electron chi connectivity index (χ2n) is 5.25. The smallest absolute Gasteiger partial charge is 0.240 e. The molecule has 1 rings (SSSR count). The van der Waals surface area contributed by atoms with Crippen molar-refractivity contribution in [2.75, 3.05) is 6.54 Å². The molecule has 0 atom stereocenters. The molecule has 1 aliphatic rings. The highest BCUT2D eigenvalue weighted by Gasteiger charge is 2.40. The van der Waals surface area contributed by atoms with E-state index in [9.17, 15) is 4.79 Å². The van der Waals surface area contributed by atoms with Gasteiger partial charge in [0, 0.05) is 6.54 Å². The molecular weight excluding hydrogens is 164 g/mol. The molecule has 1 saturated carbocycles. The number of rotatable bonds is 2. The van der Waals surface area contributed by atoms with Crippen LogP contribution >= 0.6 is 0 Å². The normalized spacial score (nSPS) is 20.6. The first kappa shape index (κ1) is 10.5. The topological polar surface area (TPSA) is 55.1 Å². The summed E-state index contributed by atoms with van der Waals surface area (Å²) in [5, 5.41) is 2.90. The van der Waals surface area contributed by atoms with Crippen molar-refractivity contribution in [3.05, 3.63) is 0 Å². The maximum absolute atomic E-state index is 11.6. The Morgan fingerprint density at radius 1 is 1.46 bits per heavy atom. The summed E-state index contributed by atoms with van der Waals surface area (Å²) < 4.78 is 0. The van der Waals surface area contributed by atoms with Crippen LogP contribution in [0.5, 0.6) is 0 Å². The zero-order chi connectivity index (χ0) is 10.1. The molecule has 0 radical (unpaired) electrons. The number of nitrogens with one attached hydrogen (secondary N) is 1.